The van der Waals surface area contributed by atoms with E-state index in [0.29, 0.717) is 0 Å². The first kappa shape index (κ1) is 13.9. The molecule has 0 bridgehead atoms. The van der Waals surface area contributed by atoms with Gasteiger partial charge < -0.3 is 9.84 Å². The molecule has 9 heteroatoms. The van der Waals surface area contributed by atoms with Gasteiger partial charge in [-0.3, -0.25) is 0 Å². The minimum atomic E-state index is -4.18. The van der Waals surface area contributed by atoms with Crippen LogP contribution in [0.2, 0.25) is 0 Å². The Bertz CT molecular complexity index is 559. The molecule has 0 amide bonds. The van der Waals surface area contributed by atoms with Crippen molar-refractivity contribution in [2.75, 3.05) is 6.61 Å². The number of carboxylic acids is 1. The average Bonchev–Trinajstić information content (AvgIpc) is 2.17. The van der Waals surface area contributed by atoms with Gasteiger partial charge in [0.25, 0.3) is 0 Å². The molecule has 0 spiro atoms. The number of hydrogen-bond acceptors (Lipinski definition) is 4. The number of ether oxygens (including phenoxy) is 1. The molecule has 0 aromatic heterocycles. The summed E-state index contributed by atoms with van der Waals surface area (Å²) in [4.78, 5) is 9.54. The summed E-state index contributed by atoms with van der Waals surface area (Å²) in [6.45, 7) is -0.674. The van der Waals surface area contributed by atoms with Crippen molar-refractivity contribution in [1.82, 2.24) is 0 Å². The van der Waals surface area contributed by atoms with Crippen molar-refractivity contribution >= 4 is 31.9 Å². The van der Waals surface area contributed by atoms with Crippen LogP contribution in [0, 0.1) is 5.82 Å². The standard InChI is InChI=1S/C8H7BrFNO5S/c9-4-1-7(17(11,14)15)5(10)2-6(4)16-3-8(12)13/h1-2H,3H2,(H,12,13)(H2,11,14,15). The Labute approximate surface area is 104 Å². The molecule has 3 N–H and O–H groups in total. The van der Waals surface area contributed by atoms with Crippen LogP contribution in [0.3, 0.4) is 0 Å². The van der Waals surface area contributed by atoms with Crippen molar-refractivity contribution in [2.45, 2.75) is 4.90 Å². The molecule has 0 saturated heterocycles. The SMILES string of the molecule is NS(=O)(=O)c1cc(Br)c(OCC(=O)O)cc1F. The average molecular weight is 328 g/mol. The maximum Gasteiger partial charge on any atom is 0.341 e. The molecule has 0 heterocycles. The molecule has 0 saturated carbocycles. The summed E-state index contributed by atoms with van der Waals surface area (Å²) in [5.74, 6) is -2.48. The van der Waals surface area contributed by atoms with E-state index >= 15 is 0 Å². The monoisotopic (exact) mass is 327 g/mol. The predicted molar refractivity (Wildman–Crippen MR) is 58.6 cm³/mol. The molecule has 6 nitrogen and oxygen atoms in total. The maximum atomic E-state index is 13.3. The number of nitrogens with two attached hydrogens (primary N) is 1. The lowest BCUT2D eigenvalue weighted by molar-refractivity contribution is -0.139. The number of carboxylic acid groups (broad SMARTS) is 1. The number of carbonyl (C=O) groups is 1. The number of halogens is 2. The van der Waals surface area contributed by atoms with Crippen LogP contribution in [-0.4, -0.2) is 26.1 Å². The van der Waals surface area contributed by atoms with E-state index in [2.05, 4.69) is 15.9 Å². The van der Waals surface area contributed by atoms with Gasteiger partial charge in [-0.25, -0.2) is 22.7 Å². The topological polar surface area (TPSA) is 107 Å². The van der Waals surface area contributed by atoms with E-state index < -0.39 is 33.3 Å². The first-order valence-electron chi connectivity index (χ1n) is 4.08. The highest BCUT2D eigenvalue weighted by Crippen LogP contribution is 2.29. The molecule has 1 aromatic carbocycles. The highest BCUT2D eigenvalue weighted by atomic mass is 79.9. The van der Waals surface area contributed by atoms with E-state index in [9.17, 15) is 17.6 Å². The predicted octanol–water partition coefficient (Wildman–Crippen LogP) is 0.699. The van der Waals surface area contributed by atoms with E-state index in [1.54, 1.807) is 0 Å². The Morgan fingerprint density at radius 2 is 2.12 bits per heavy atom. The van der Waals surface area contributed by atoms with Crippen LogP contribution in [0.1, 0.15) is 0 Å². The molecule has 0 aliphatic carbocycles. The van der Waals surface area contributed by atoms with Gasteiger partial charge in [0.2, 0.25) is 10.0 Å². The van der Waals surface area contributed by atoms with Gasteiger partial charge in [0.05, 0.1) is 4.47 Å². The minimum absolute atomic E-state index is 0.0872. The fourth-order valence-electron chi connectivity index (χ4n) is 0.978. The van der Waals surface area contributed by atoms with Crippen molar-refractivity contribution in [3.05, 3.63) is 22.4 Å². The number of primary sulfonamides is 1. The fourth-order valence-corrected chi connectivity index (χ4v) is 2.20. The Balaban J connectivity index is 3.14. The molecular formula is C8H7BrFNO5S. The zero-order valence-corrected chi connectivity index (χ0v) is 10.6. The van der Waals surface area contributed by atoms with Crippen LogP contribution < -0.4 is 9.88 Å². The van der Waals surface area contributed by atoms with Gasteiger partial charge in [0.15, 0.2) is 6.61 Å². The second kappa shape index (κ2) is 4.98. The smallest absolute Gasteiger partial charge is 0.341 e. The van der Waals surface area contributed by atoms with Gasteiger partial charge in [-0.05, 0) is 22.0 Å². The molecule has 0 fully saturated rings. The van der Waals surface area contributed by atoms with Gasteiger partial charge >= 0.3 is 5.97 Å². The number of hydrogen-bond donors (Lipinski definition) is 2. The van der Waals surface area contributed by atoms with E-state index in [1.807, 2.05) is 0 Å². The van der Waals surface area contributed by atoms with E-state index in [0.717, 1.165) is 12.1 Å². The fraction of sp³-hybridized carbons (Fsp3) is 0.125. The zero-order valence-electron chi connectivity index (χ0n) is 8.18. The molecule has 1 rings (SSSR count). The molecule has 0 aliphatic heterocycles. The molecule has 1 aromatic rings. The third-order valence-electron chi connectivity index (χ3n) is 1.64. The summed E-state index contributed by atoms with van der Waals surface area (Å²) in [6.07, 6.45) is 0. The number of sulfonamides is 1. The van der Waals surface area contributed by atoms with Gasteiger partial charge in [0.1, 0.15) is 16.5 Å². The minimum Gasteiger partial charge on any atom is -0.481 e. The molecule has 17 heavy (non-hydrogen) atoms. The molecule has 0 unspecified atom stereocenters. The van der Waals surface area contributed by atoms with Crippen LogP contribution in [0.5, 0.6) is 5.75 Å². The molecule has 0 atom stereocenters. The molecular weight excluding hydrogens is 321 g/mol. The second-order valence-electron chi connectivity index (χ2n) is 2.94. The zero-order chi connectivity index (χ0) is 13.2. The maximum absolute atomic E-state index is 13.3. The van der Waals surface area contributed by atoms with Crippen LogP contribution in [0.4, 0.5) is 4.39 Å². The van der Waals surface area contributed by atoms with Gasteiger partial charge in [-0.1, -0.05) is 0 Å². The summed E-state index contributed by atoms with van der Waals surface area (Å²) in [5, 5.41) is 13.1. The highest BCUT2D eigenvalue weighted by Gasteiger charge is 2.18. The van der Waals surface area contributed by atoms with Crippen molar-refractivity contribution in [1.29, 1.82) is 0 Å². The third kappa shape index (κ3) is 3.65. The summed E-state index contributed by atoms with van der Waals surface area (Å²) in [7, 11) is -4.18. The lowest BCUT2D eigenvalue weighted by Gasteiger charge is -2.08. The summed E-state index contributed by atoms with van der Waals surface area (Å²) in [6, 6.07) is 1.65. The van der Waals surface area contributed by atoms with E-state index in [-0.39, 0.29) is 10.2 Å². The summed E-state index contributed by atoms with van der Waals surface area (Å²) >= 11 is 2.92. The van der Waals surface area contributed by atoms with E-state index in [4.69, 9.17) is 15.0 Å². The Morgan fingerprint density at radius 3 is 2.59 bits per heavy atom. The van der Waals surface area contributed by atoms with Crippen LogP contribution >= 0.6 is 15.9 Å². The summed E-state index contributed by atoms with van der Waals surface area (Å²) < 4.78 is 40.1. The molecule has 0 aliphatic rings. The van der Waals surface area contributed by atoms with Crippen LogP contribution in [-0.2, 0) is 14.8 Å². The highest BCUT2D eigenvalue weighted by molar-refractivity contribution is 9.10. The van der Waals surface area contributed by atoms with Crippen LogP contribution in [0.15, 0.2) is 21.5 Å². The van der Waals surface area contributed by atoms with Crippen molar-refractivity contribution in [3.63, 3.8) is 0 Å². The Morgan fingerprint density at radius 1 is 1.53 bits per heavy atom. The number of benzene rings is 1. The number of rotatable bonds is 4. The van der Waals surface area contributed by atoms with Crippen molar-refractivity contribution in [2.24, 2.45) is 5.14 Å². The normalized spacial score (nSPS) is 11.2. The third-order valence-corrected chi connectivity index (χ3v) is 3.19. The van der Waals surface area contributed by atoms with Crippen molar-refractivity contribution < 1.29 is 27.4 Å². The Kier molecular flexibility index (Phi) is 4.07. The first-order valence-corrected chi connectivity index (χ1v) is 6.42. The lowest BCUT2D eigenvalue weighted by Crippen LogP contribution is -2.15. The largest absolute Gasteiger partial charge is 0.481 e. The number of aliphatic carboxylic acids is 1. The lowest BCUT2D eigenvalue weighted by atomic mass is 10.3. The van der Waals surface area contributed by atoms with Gasteiger partial charge in [-0.15, -0.1) is 0 Å². The van der Waals surface area contributed by atoms with E-state index in [1.165, 1.54) is 0 Å². The molecule has 94 valence electrons. The van der Waals surface area contributed by atoms with Crippen molar-refractivity contribution in [3.8, 4) is 5.75 Å². The second-order valence-corrected chi connectivity index (χ2v) is 5.32. The first-order chi connectivity index (χ1) is 7.71. The summed E-state index contributed by atoms with van der Waals surface area (Å²) in [5.41, 5.74) is 0. The van der Waals surface area contributed by atoms with Gasteiger partial charge in [0, 0.05) is 6.07 Å². The molecule has 0 radical (unpaired) electrons. The quantitative estimate of drug-likeness (QED) is 0.846. The van der Waals surface area contributed by atoms with Gasteiger partial charge in [-0.2, -0.15) is 0 Å². The van der Waals surface area contributed by atoms with Crippen LogP contribution in [0.25, 0.3) is 0 Å². The Hall–Kier alpha value is -1.19.